The van der Waals surface area contributed by atoms with Gasteiger partial charge in [0.1, 0.15) is 16.3 Å². The average molecular weight is 632 g/mol. The third kappa shape index (κ3) is 5.69. The monoisotopic (exact) mass is 631 g/mol. The van der Waals surface area contributed by atoms with Crippen molar-refractivity contribution in [1.82, 2.24) is 24.8 Å². The van der Waals surface area contributed by atoms with Gasteiger partial charge in [0.05, 0.1) is 41.7 Å². The summed E-state index contributed by atoms with van der Waals surface area (Å²) < 4.78 is 47.8. The maximum absolute atomic E-state index is 14.2. The van der Waals surface area contributed by atoms with E-state index in [-0.39, 0.29) is 28.5 Å². The van der Waals surface area contributed by atoms with Gasteiger partial charge in [0, 0.05) is 49.1 Å². The molecule has 3 aromatic rings. The number of pyridine rings is 1. The van der Waals surface area contributed by atoms with Crippen LogP contribution < -0.4 is 10.2 Å². The van der Waals surface area contributed by atoms with E-state index in [9.17, 15) is 18.0 Å². The van der Waals surface area contributed by atoms with Crippen LogP contribution in [0.25, 0.3) is 10.6 Å². The quantitative estimate of drug-likeness (QED) is 0.388. The highest BCUT2D eigenvalue weighted by Crippen LogP contribution is 2.46. The van der Waals surface area contributed by atoms with Crippen molar-refractivity contribution in [3.63, 3.8) is 0 Å². The van der Waals surface area contributed by atoms with Gasteiger partial charge in [-0.3, -0.25) is 4.79 Å². The number of amides is 1. The van der Waals surface area contributed by atoms with Gasteiger partial charge in [-0.1, -0.05) is 0 Å². The lowest BCUT2D eigenvalue weighted by Gasteiger charge is -2.38. The molecule has 1 amide bonds. The Morgan fingerprint density at radius 2 is 1.91 bits per heavy atom. The van der Waals surface area contributed by atoms with Crippen LogP contribution in [0.1, 0.15) is 46.5 Å². The molecule has 14 heteroatoms. The molecule has 43 heavy (non-hydrogen) atoms. The average Bonchev–Trinajstić information content (AvgIpc) is 3.73. The molecular formula is C29H32F3N7O2S2. The number of likely N-dealkylation sites (N-methyl/N-ethyl adjacent to an activating group) is 1. The summed E-state index contributed by atoms with van der Waals surface area (Å²) >= 11 is 2.54. The van der Waals surface area contributed by atoms with E-state index in [1.807, 2.05) is 0 Å². The summed E-state index contributed by atoms with van der Waals surface area (Å²) in [6.45, 7) is 6.45. The van der Waals surface area contributed by atoms with Gasteiger partial charge in [0.25, 0.3) is 5.91 Å². The molecule has 4 aliphatic rings. The molecule has 7 rings (SSSR count). The number of nitrogens with one attached hydrogen (secondary N) is 1. The standard InChI is InChI=1S/C29H32F3N7O2S2/c1-16-13-38(6-5-37(16)2)24-9-19(17-3-4-17)21(12-33-24)35-28-34-11-20(29(30,31)32)25(36-28)22-10-23-26(43-22)27(40)39(7-8-42-23)18-14-41-15-18/h9-12,16-18H,3-8,13-15H2,1-2H3,(H,34,35,36)/t16-/m1/s1. The number of thiophene rings is 1. The molecule has 228 valence electrons. The van der Waals surface area contributed by atoms with Crippen molar-refractivity contribution >= 4 is 46.5 Å². The Kier molecular flexibility index (Phi) is 7.51. The Morgan fingerprint density at radius 1 is 1.09 bits per heavy atom. The van der Waals surface area contributed by atoms with Crippen molar-refractivity contribution < 1.29 is 22.7 Å². The summed E-state index contributed by atoms with van der Waals surface area (Å²) in [4.78, 5) is 34.4. The topological polar surface area (TPSA) is 86.7 Å². The van der Waals surface area contributed by atoms with E-state index in [2.05, 4.69) is 45.1 Å². The first kappa shape index (κ1) is 28.8. The van der Waals surface area contributed by atoms with Crippen LogP contribution >= 0.6 is 23.1 Å². The lowest BCUT2D eigenvalue weighted by atomic mass is 10.1. The zero-order valence-corrected chi connectivity index (χ0v) is 25.5. The highest BCUT2D eigenvalue weighted by atomic mass is 32.2. The Hall–Kier alpha value is -2.94. The molecule has 0 aromatic carbocycles. The van der Waals surface area contributed by atoms with E-state index in [4.69, 9.17) is 9.72 Å². The fourth-order valence-corrected chi connectivity index (χ4v) is 7.98. The third-order valence-corrected chi connectivity index (χ3v) is 10.9. The largest absolute Gasteiger partial charge is 0.420 e. The fourth-order valence-electron chi connectivity index (χ4n) is 5.67. The van der Waals surface area contributed by atoms with E-state index in [1.54, 1.807) is 17.2 Å². The Labute approximate surface area is 255 Å². The number of hydrogen-bond donors (Lipinski definition) is 1. The summed E-state index contributed by atoms with van der Waals surface area (Å²) in [5.41, 5.74) is 0.604. The molecule has 3 aromatic heterocycles. The van der Waals surface area contributed by atoms with Gasteiger partial charge < -0.3 is 24.8 Å². The Bertz CT molecular complexity index is 1540. The third-order valence-electron chi connectivity index (χ3n) is 8.60. The molecule has 6 heterocycles. The maximum atomic E-state index is 14.2. The summed E-state index contributed by atoms with van der Waals surface area (Å²) in [7, 11) is 2.12. The molecule has 1 saturated carbocycles. The molecule has 0 spiro atoms. The molecular weight excluding hydrogens is 599 g/mol. The van der Waals surface area contributed by atoms with Gasteiger partial charge in [-0.25, -0.2) is 15.0 Å². The second-order valence-electron chi connectivity index (χ2n) is 11.6. The zero-order chi connectivity index (χ0) is 29.9. The van der Waals surface area contributed by atoms with E-state index in [0.717, 1.165) is 61.4 Å². The minimum absolute atomic E-state index is 0.00510. The molecule has 9 nitrogen and oxygen atoms in total. The molecule has 0 radical (unpaired) electrons. The molecule has 0 bridgehead atoms. The Balaban J connectivity index is 1.20. The smallest absolute Gasteiger partial charge is 0.377 e. The number of alkyl halides is 3. The number of nitrogens with zero attached hydrogens (tertiary/aromatic N) is 6. The highest BCUT2D eigenvalue weighted by molar-refractivity contribution is 7.99. The SMILES string of the molecule is C[C@@H]1CN(c2cc(C3CC3)c(Nc3ncc(C(F)(F)F)c(-c4cc5c(s4)C(=O)N(C4COC4)CCS5)n3)cn2)CCN1C. The number of aromatic nitrogens is 3. The summed E-state index contributed by atoms with van der Waals surface area (Å²) in [6, 6.07) is 4.17. The van der Waals surface area contributed by atoms with Crippen molar-refractivity contribution in [3.8, 4) is 10.6 Å². The molecule has 1 N–H and O–H groups in total. The summed E-state index contributed by atoms with van der Waals surface area (Å²) in [5, 5.41) is 3.18. The van der Waals surface area contributed by atoms with E-state index in [0.29, 0.717) is 52.9 Å². The summed E-state index contributed by atoms with van der Waals surface area (Å²) in [5.74, 6) is 1.83. The number of ether oxygens (including phenoxy) is 1. The van der Waals surface area contributed by atoms with Gasteiger partial charge in [-0.2, -0.15) is 13.2 Å². The number of halogens is 3. The zero-order valence-electron chi connectivity index (χ0n) is 23.9. The van der Waals surface area contributed by atoms with Crippen LogP contribution in [-0.4, -0.2) is 94.9 Å². The molecule has 1 aliphatic carbocycles. The second kappa shape index (κ2) is 11.2. The molecule has 2 saturated heterocycles. The number of carbonyl (C=O) groups is 1. The van der Waals surface area contributed by atoms with Gasteiger partial charge in [0.2, 0.25) is 5.95 Å². The van der Waals surface area contributed by atoms with Crippen LogP contribution in [0.15, 0.2) is 29.4 Å². The van der Waals surface area contributed by atoms with Gasteiger partial charge in [-0.05, 0) is 50.4 Å². The number of piperazine rings is 1. The van der Waals surface area contributed by atoms with Crippen molar-refractivity contribution in [2.24, 2.45) is 0 Å². The van der Waals surface area contributed by atoms with E-state index >= 15 is 0 Å². The lowest BCUT2D eigenvalue weighted by molar-refractivity contribution is -0.137. The van der Waals surface area contributed by atoms with Crippen molar-refractivity contribution in [1.29, 1.82) is 0 Å². The van der Waals surface area contributed by atoms with Gasteiger partial charge in [-0.15, -0.1) is 23.1 Å². The molecule has 3 fully saturated rings. The first-order chi connectivity index (χ1) is 20.7. The molecule has 1 atom stereocenters. The fraction of sp³-hybridized carbons (Fsp3) is 0.517. The predicted molar refractivity (Wildman–Crippen MR) is 161 cm³/mol. The number of hydrogen-bond acceptors (Lipinski definition) is 10. The Morgan fingerprint density at radius 3 is 2.60 bits per heavy atom. The molecule has 0 unspecified atom stereocenters. The van der Waals surface area contributed by atoms with Crippen LogP contribution in [0.5, 0.6) is 0 Å². The van der Waals surface area contributed by atoms with Crippen LogP contribution in [0.4, 0.5) is 30.6 Å². The van der Waals surface area contributed by atoms with Crippen LogP contribution in [0.3, 0.4) is 0 Å². The maximum Gasteiger partial charge on any atom is 0.420 e. The number of carbonyl (C=O) groups excluding carboxylic acids is 1. The first-order valence-electron chi connectivity index (χ1n) is 14.5. The van der Waals surface area contributed by atoms with Crippen molar-refractivity contribution in [2.45, 2.75) is 48.8 Å². The minimum atomic E-state index is -4.66. The lowest BCUT2D eigenvalue weighted by Crippen LogP contribution is -2.52. The van der Waals surface area contributed by atoms with Crippen LogP contribution in [0.2, 0.25) is 0 Å². The number of thioether (sulfide) groups is 1. The highest BCUT2D eigenvalue weighted by Gasteiger charge is 2.38. The number of anilines is 3. The van der Waals surface area contributed by atoms with Crippen molar-refractivity contribution in [3.05, 3.63) is 40.5 Å². The second-order valence-corrected chi connectivity index (χ2v) is 13.8. The number of fused-ring (bicyclic) bond motifs is 1. The van der Waals surface area contributed by atoms with Gasteiger partial charge >= 0.3 is 6.18 Å². The minimum Gasteiger partial charge on any atom is -0.377 e. The van der Waals surface area contributed by atoms with E-state index < -0.39 is 11.7 Å². The number of rotatable bonds is 6. The van der Waals surface area contributed by atoms with Crippen LogP contribution in [-0.2, 0) is 10.9 Å². The molecule has 3 aliphatic heterocycles. The van der Waals surface area contributed by atoms with Crippen molar-refractivity contribution in [2.75, 3.05) is 62.4 Å². The summed E-state index contributed by atoms with van der Waals surface area (Å²) in [6.07, 6.45) is 0.00423. The van der Waals surface area contributed by atoms with Gasteiger partial charge in [0.15, 0.2) is 0 Å². The normalized spacial score (nSPS) is 21.9. The predicted octanol–water partition coefficient (Wildman–Crippen LogP) is 5.33. The van der Waals surface area contributed by atoms with Crippen LogP contribution in [0, 0.1) is 0 Å². The van der Waals surface area contributed by atoms with E-state index in [1.165, 1.54) is 11.8 Å². The first-order valence-corrected chi connectivity index (χ1v) is 16.3.